The van der Waals surface area contributed by atoms with Crippen LogP contribution in [0.1, 0.15) is 44.2 Å². The average molecular weight is 388 g/mol. The van der Waals surface area contributed by atoms with Crippen molar-refractivity contribution in [2.45, 2.75) is 39.4 Å². The van der Waals surface area contributed by atoms with E-state index < -0.39 is 0 Å². The van der Waals surface area contributed by atoms with Crippen LogP contribution < -0.4 is 5.32 Å². The van der Waals surface area contributed by atoms with Crippen molar-refractivity contribution in [2.75, 3.05) is 0 Å². The quantitative estimate of drug-likeness (QED) is 0.422. The first-order valence-electron chi connectivity index (χ1n) is 10.1. The van der Waals surface area contributed by atoms with E-state index >= 15 is 0 Å². The van der Waals surface area contributed by atoms with Crippen LogP contribution in [0.5, 0.6) is 0 Å². The SMILES string of the molecule is CC(C)n1c([C@H](C)NCc2ccc(-c3cccc(F)c3)cc2)nc2ccccc21. The van der Waals surface area contributed by atoms with E-state index in [1.54, 1.807) is 12.1 Å². The summed E-state index contributed by atoms with van der Waals surface area (Å²) in [5.74, 6) is 0.840. The average Bonchev–Trinajstić information content (AvgIpc) is 3.12. The van der Waals surface area contributed by atoms with Crippen LogP contribution in [0.3, 0.4) is 0 Å². The summed E-state index contributed by atoms with van der Waals surface area (Å²) in [6.07, 6.45) is 0. The maximum atomic E-state index is 13.5. The molecule has 148 valence electrons. The zero-order valence-corrected chi connectivity index (χ0v) is 17.1. The molecule has 0 aliphatic heterocycles. The largest absolute Gasteiger partial charge is 0.324 e. The molecule has 1 atom stereocenters. The fourth-order valence-electron chi connectivity index (χ4n) is 3.76. The molecule has 0 amide bonds. The van der Waals surface area contributed by atoms with Gasteiger partial charge in [-0.25, -0.2) is 9.37 Å². The van der Waals surface area contributed by atoms with Crippen LogP contribution in [-0.2, 0) is 6.54 Å². The van der Waals surface area contributed by atoms with E-state index in [9.17, 15) is 4.39 Å². The fraction of sp³-hybridized carbons (Fsp3) is 0.240. The Labute approximate surface area is 171 Å². The van der Waals surface area contributed by atoms with Gasteiger partial charge in [-0.15, -0.1) is 0 Å². The van der Waals surface area contributed by atoms with Crippen LogP contribution in [0.25, 0.3) is 22.2 Å². The fourth-order valence-corrected chi connectivity index (χ4v) is 3.76. The Morgan fingerprint density at radius 2 is 1.66 bits per heavy atom. The number of para-hydroxylation sites is 2. The van der Waals surface area contributed by atoms with E-state index in [1.165, 1.54) is 17.1 Å². The van der Waals surface area contributed by atoms with Gasteiger partial charge in [0.15, 0.2) is 0 Å². The summed E-state index contributed by atoms with van der Waals surface area (Å²) in [4.78, 5) is 4.87. The van der Waals surface area contributed by atoms with E-state index in [0.717, 1.165) is 29.0 Å². The lowest BCUT2D eigenvalue weighted by Crippen LogP contribution is -2.22. The highest BCUT2D eigenvalue weighted by atomic mass is 19.1. The second-order valence-electron chi connectivity index (χ2n) is 7.73. The van der Waals surface area contributed by atoms with E-state index in [4.69, 9.17) is 4.98 Å². The third kappa shape index (κ3) is 4.08. The molecule has 0 spiro atoms. The molecule has 4 rings (SSSR count). The highest BCUT2D eigenvalue weighted by Crippen LogP contribution is 2.25. The molecule has 4 aromatic rings. The number of rotatable bonds is 6. The van der Waals surface area contributed by atoms with Gasteiger partial charge < -0.3 is 9.88 Å². The zero-order valence-electron chi connectivity index (χ0n) is 17.1. The number of benzene rings is 3. The summed E-state index contributed by atoms with van der Waals surface area (Å²) in [6.45, 7) is 7.28. The molecule has 0 unspecified atom stereocenters. The Kier molecular flexibility index (Phi) is 5.45. The molecule has 0 aliphatic rings. The highest BCUT2D eigenvalue weighted by molar-refractivity contribution is 5.76. The number of hydrogen-bond acceptors (Lipinski definition) is 2. The minimum atomic E-state index is -0.213. The van der Waals surface area contributed by atoms with Gasteiger partial charge in [0.1, 0.15) is 11.6 Å². The van der Waals surface area contributed by atoms with Crippen LogP contribution in [0.2, 0.25) is 0 Å². The predicted octanol–water partition coefficient (Wildman–Crippen LogP) is 6.27. The van der Waals surface area contributed by atoms with Crippen LogP contribution in [0.15, 0.2) is 72.8 Å². The summed E-state index contributed by atoms with van der Waals surface area (Å²) in [5, 5.41) is 3.60. The molecule has 0 fully saturated rings. The smallest absolute Gasteiger partial charge is 0.127 e. The number of hydrogen-bond donors (Lipinski definition) is 1. The minimum absolute atomic E-state index is 0.118. The van der Waals surface area contributed by atoms with Gasteiger partial charge in [0.2, 0.25) is 0 Å². The summed E-state index contributed by atoms with van der Waals surface area (Å²) < 4.78 is 15.8. The topological polar surface area (TPSA) is 29.9 Å². The van der Waals surface area contributed by atoms with Crippen molar-refractivity contribution in [1.82, 2.24) is 14.9 Å². The van der Waals surface area contributed by atoms with Crippen molar-refractivity contribution >= 4 is 11.0 Å². The van der Waals surface area contributed by atoms with Gasteiger partial charge in [-0.2, -0.15) is 0 Å². The number of aromatic nitrogens is 2. The number of fused-ring (bicyclic) bond motifs is 1. The lowest BCUT2D eigenvalue weighted by atomic mass is 10.0. The molecule has 0 radical (unpaired) electrons. The highest BCUT2D eigenvalue weighted by Gasteiger charge is 2.18. The summed E-state index contributed by atoms with van der Waals surface area (Å²) >= 11 is 0. The van der Waals surface area contributed by atoms with Crippen LogP contribution >= 0.6 is 0 Å². The molecule has 1 N–H and O–H groups in total. The van der Waals surface area contributed by atoms with Crippen molar-refractivity contribution in [3.05, 3.63) is 90.0 Å². The van der Waals surface area contributed by atoms with Gasteiger partial charge in [0, 0.05) is 12.6 Å². The summed E-state index contributed by atoms with van der Waals surface area (Å²) in [6, 6.07) is 23.7. The molecular weight excluding hydrogens is 361 g/mol. The molecule has 0 saturated carbocycles. The van der Waals surface area contributed by atoms with Gasteiger partial charge in [-0.1, -0.05) is 48.5 Å². The summed E-state index contributed by atoms with van der Waals surface area (Å²) in [7, 11) is 0. The van der Waals surface area contributed by atoms with Crippen LogP contribution in [-0.4, -0.2) is 9.55 Å². The second kappa shape index (κ2) is 8.18. The van der Waals surface area contributed by atoms with Gasteiger partial charge in [-0.3, -0.25) is 0 Å². The van der Waals surface area contributed by atoms with E-state index in [1.807, 2.05) is 24.3 Å². The molecule has 29 heavy (non-hydrogen) atoms. The first-order valence-corrected chi connectivity index (χ1v) is 10.1. The van der Waals surface area contributed by atoms with Crippen molar-refractivity contribution in [2.24, 2.45) is 0 Å². The van der Waals surface area contributed by atoms with Crippen LogP contribution in [0, 0.1) is 5.82 Å². The first kappa shape index (κ1) is 19.3. The Morgan fingerprint density at radius 1 is 0.897 bits per heavy atom. The molecule has 0 saturated heterocycles. The monoisotopic (exact) mass is 387 g/mol. The van der Waals surface area contributed by atoms with Gasteiger partial charge in [0.05, 0.1) is 17.1 Å². The van der Waals surface area contributed by atoms with E-state index in [-0.39, 0.29) is 11.9 Å². The van der Waals surface area contributed by atoms with Crippen molar-refractivity contribution in [1.29, 1.82) is 0 Å². The van der Waals surface area contributed by atoms with Crippen molar-refractivity contribution < 1.29 is 4.39 Å². The first-order chi connectivity index (χ1) is 14.0. The molecule has 3 nitrogen and oxygen atoms in total. The minimum Gasteiger partial charge on any atom is -0.324 e. The second-order valence-corrected chi connectivity index (χ2v) is 7.73. The number of nitrogens with zero attached hydrogens (tertiary/aromatic N) is 2. The van der Waals surface area contributed by atoms with Gasteiger partial charge in [0.25, 0.3) is 0 Å². The van der Waals surface area contributed by atoms with Crippen molar-refractivity contribution in [3.63, 3.8) is 0 Å². The van der Waals surface area contributed by atoms with Crippen molar-refractivity contribution in [3.8, 4) is 11.1 Å². The Morgan fingerprint density at radius 3 is 2.38 bits per heavy atom. The molecule has 0 bridgehead atoms. The maximum absolute atomic E-state index is 13.5. The molecule has 1 heterocycles. The number of nitrogens with one attached hydrogen (secondary N) is 1. The molecule has 1 aromatic heterocycles. The zero-order chi connectivity index (χ0) is 20.4. The molecule has 3 aromatic carbocycles. The van der Waals surface area contributed by atoms with E-state index in [0.29, 0.717) is 6.04 Å². The third-order valence-electron chi connectivity index (χ3n) is 5.25. The van der Waals surface area contributed by atoms with Crippen LogP contribution in [0.4, 0.5) is 4.39 Å². The molecular formula is C25H26FN3. The molecule has 0 aliphatic carbocycles. The lowest BCUT2D eigenvalue weighted by molar-refractivity contribution is 0.491. The van der Waals surface area contributed by atoms with Gasteiger partial charge in [-0.05, 0) is 61.7 Å². The number of halogens is 1. The Hall–Kier alpha value is -2.98. The third-order valence-corrected chi connectivity index (χ3v) is 5.25. The van der Waals surface area contributed by atoms with E-state index in [2.05, 4.69) is 61.0 Å². The lowest BCUT2D eigenvalue weighted by Gasteiger charge is -2.19. The molecule has 4 heteroatoms. The maximum Gasteiger partial charge on any atom is 0.127 e. The predicted molar refractivity (Wildman–Crippen MR) is 117 cm³/mol. The standard InChI is InChI=1S/C25H26FN3/c1-17(2)29-24-10-5-4-9-23(24)28-25(29)18(3)27-16-19-11-13-20(14-12-19)21-7-6-8-22(26)15-21/h4-15,17-18,27H,16H2,1-3H3/t18-/m0/s1. The van der Waals surface area contributed by atoms with Gasteiger partial charge >= 0.3 is 0 Å². The number of imidazole rings is 1. The normalized spacial score (nSPS) is 12.6. The Balaban J connectivity index is 1.49. The Bertz CT molecular complexity index is 1110. The summed E-state index contributed by atoms with van der Waals surface area (Å²) in [5.41, 5.74) is 5.30.